The van der Waals surface area contributed by atoms with Crippen molar-refractivity contribution in [1.82, 2.24) is 15.7 Å². The second-order valence-corrected chi connectivity index (χ2v) is 8.29. The van der Waals surface area contributed by atoms with Crippen LogP contribution in [-0.2, 0) is 29.3 Å². The van der Waals surface area contributed by atoms with Crippen LogP contribution in [0.1, 0.15) is 29.5 Å². The summed E-state index contributed by atoms with van der Waals surface area (Å²) in [4.78, 5) is 21.1. The fourth-order valence-corrected chi connectivity index (χ4v) is 4.02. The molecule has 5 heteroatoms. The lowest BCUT2D eigenvalue weighted by atomic mass is 9.99. The van der Waals surface area contributed by atoms with Gasteiger partial charge in [0.2, 0.25) is 5.91 Å². The van der Waals surface area contributed by atoms with Gasteiger partial charge in [-0.1, -0.05) is 91.0 Å². The standard InChI is InChI=1S/C27H31N3O2/c31-27(26-17-16-25(18-28-26)29-32-21-24-14-8-3-9-15-24)30(19-22-10-4-1-5-11-22)20-23-12-6-2-7-13-23/h1-15,25-26,28-29H,16-21H2. The zero-order valence-electron chi connectivity index (χ0n) is 18.3. The summed E-state index contributed by atoms with van der Waals surface area (Å²) in [5.41, 5.74) is 6.57. The van der Waals surface area contributed by atoms with Crippen molar-refractivity contribution in [2.45, 2.75) is 44.6 Å². The average molecular weight is 430 g/mol. The maximum absolute atomic E-state index is 13.4. The summed E-state index contributed by atoms with van der Waals surface area (Å²) in [5.74, 6) is 0.154. The van der Waals surface area contributed by atoms with E-state index in [2.05, 4.69) is 35.1 Å². The number of rotatable bonds is 9. The topological polar surface area (TPSA) is 53.6 Å². The summed E-state index contributed by atoms with van der Waals surface area (Å²) in [5, 5.41) is 3.44. The van der Waals surface area contributed by atoms with Crippen molar-refractivity contribution in [3.8, 4) is 0 Å². The number of benzene rings is 3. The molecule has 1 saturated heterocycles. The van der Waals surface area contributed by atoms with E-state index in [1.165, 1.54) is 0 Å². The fourth-order valence-electron chi connectivity index (χ4n) is 4.02. The highest BCUT2D eigenvalue weighted by molar-refractivity contribution is 5.82. The van der Waals surface area contributed by atoms with Crippen LogP contribution in [0.25, 0.3) is 0 Å². The molecule has 2 N–H and O–H groups in total. The van der Waals surface area contributed by atoms with E-state index in [1.54, 1.807) is 0 Å². The second-order valence-electron chi connectivity index (χ2n) is 8.29. The molecule has 2 atom stereocenters. The molecule has 166 valence electrons. The Kier molecular flexibility index (Phi) is 8.04. The summed E-state index contributed by atoms with van der Waals surface area (Å²) in [6.45, 7) is 2.45. The van der Waals surface area contributed by atoms with Crippen molar-refractivity contribution < 1.29 is 9.63 Å². The molecule has 0 aromatic heterocycles. The fraction of sp³-hybridized carbons (Fsp3) is 0.296. The molecular weight excluding hydrogens is 398 g/mol. The molecule has 0 aliphatic carbocycles. The van der Waals surface area contributed by atoms with Crippen molar-refractivity contribution in [1.29, 1.82) is 0 Å². The van der Waals surface area contributed by atoms with E-state index >= 15 is 0 Å². The summed E-state index contributed by atoms with van der Waals surface area (Å²) in [6, 6.07) is 30.5. The first-order chi connectivity index (χ1) is 15.8. The van der Waals surface area contributed by atoms with E-state index in [1.807, 2.05) is 71.6 Å². The molecule has 0 radical (unpaired) electrons. The van der Waals surface area contributed by atoms with Crippen LogP contribution in [0.5, 0.6) is 0 Å². The Hall–Kier alpha value is -2.99. The lowest BCUT2D eigenvalue weighted by Gasteiger charge is -2.33. The van der Waals surface area contributed by atoms with Gasteiger partial charge >= 0.3 is 0 Å². The third kappa shape index (κ3) is 6.50. The highest BCUT2D eigenvalue weighted by Gasteiger charge is 2.29. The molecule has 1 fully saturated rings. The highest BCUT2D eigenvalue weighted by Crippen LogP contribution is 2.16. The van der Waals surface area contributed by atoms with Gasteiger partial charge in [-0.2, -0.15) is 5.48 Å². The number of carbonyl (C=O) groups excluding carboxylic acids is 1. The van der Waals surface area contributed by atoms with Gasteiger partial charge in [-0.3, -0.25) is 9.63 Å². The van der Waals surface area contributed by atoms with Crippen LogP contribution in [-0.4, -0.2) is 29.4 Å². The number of hydroxylamine groups is 1. The van der Waals surface area contributed by atoms with Gasteiger partial charge in [-0.25, -0.2) is 0 Å². The minimum absolute atomic E-state index is 0.154. The zero-order chi connectivity index (χ0) is 22.0. The Balaban J connectivity index is 1.31. The van der Waals surface area contributed by atoms with E-state index in [9.17, 15) is 4.79 Å². The maximum atomic E-state index is 13.4. The van der Waals surface area contributed by atoms with E-state index in [0.717, 1.165) is 29.5 Å². The molecule has 1 amide bonds. The van der Waals surface area contributed by atoms with Crippen molar-refractivity contribution in [3.63, 3.8) is 0 Å². The Morgan fingerprint density at radius 3 is 1.84 bits per heavy atom. The minimum Gasteiger partial charge on any atom is -0.333 e. The van der Waals surface area contributed by atoms with Gasteiger partial charge in [0.15, 0.2) is 0 Å². The molecule has 2 unspecified atom stereocenters. The summed E-state index contributed by atoms with van der Waals surface area (Å²) >= 11 is 0. The van der Waals surface area contributed by atoms with E-state index in [0.29, 0.717) is 26.2 Å². The van der Waals surface area contributed by atoms with Crippen molar-refractivity contribution in [2.24, 2.45) is 0 Å². The predicted octanol–water partition coefficient (Wildman–Crippen LogP) is 4.06. The Bertz CT molecular complexity index is 901. The van der Waals surface area contributed by atoms with Crippen LogP contribution < -0.4 is 10.8 Å². The normalized spacial score (nSPS) is 18.2. The smallest absolute Gasteiger partial charge is 0.240 e. The van der Waals surface area contributed by atoms with Gasteiger partial charge in [-0.15, -0.1) is 0 Å². The third-order valence-electron chi connectivity index (χ3n) is 5.79. The molecule has 1 aliphatic rings. The van der Waals surface area contributed by atoms with Crippen LogP contribution in [0.2, 0.25) is 0 Å². The van der Waals surface area contributed by atoms with E-state index < -0.39 is 0 Å². The molecule has 32 heavy (non-hydrogen) atoms. The molecule has 1 aliphatic heterocycles. The lowest BCUT2D eigenvalue weighted by molar-refractivity contribution is -0.135. The van der Waals surface area contributed by atoms with Crippen LogP contribution in [0.15, 0.2) is 91.0 Å². The number of amides is 1. The van der Waals surface area contributed by atoms with Crippen LogP contribution in [0.4, 0.5) is 0 Å². The van der Waals surface area contributed by atoms with E-state index in [4.69, 9.17) is 4.84 Å². The molecule has 0 spiro atoms. The minimum atomic E-state index is -0.172. The maximum Gasteiger partial charge on any atom is 0.240 e. The van der Waals surface area contributed by atoms with Crippen LogP contribution >= 0.6 is 0 Å². The third-order valence-corrected chi connectivity index (χ3v) is 5.79. The van der Waals surface area contributed by atoms with Crippen LogP contribution in [0.3, 0.4) is 0 Å². The summed E-state index contributed by atoms with van der Waals surface area (Å²) < 4.78 is 0. The Morgan fingerprint density at radius 2 is 1.34 bits per heavy atom. The molecule has 1 heterocycles. The predicted molar refractivity (Wildman–Crippen MR) is 126 cm³/mol. The van der Waals surface area contributed by atoms with Gasteiger partial charge in [-0.05, 0) is 29.5 Å². The van der Waals surface area contributed by atoms with Gasteiger partial charge < -0.3 is 10.2 Å². The first-order valence-corrected chi connectivity index (χ1v) is 11.3. The second kappa shape index (κ2) is 11.6. The highest BCUT2D eigenvalue weighted by atomic mass is 16.6. The number of piperidine rings is 1. The zero-order valence-corrected chi connectivity index (χ0v) is 18.3. The molecule has 3 aromatic rings. The molecule has 5 nitrogen and oxygen atoms in total. The molecule has 0 saturated carbocycles. The number of nitrogens with zero attached hydrogens (tertiary/aromatic N) is 1. The Morgan fingerprint density at radius 1 is 0.812 bits per heavy atom. The van der Waals surface area contributed by atoms with Gasteiger partial charge in [0.05, 0.1) is 12.6 Å². The van der Waals surface area contributed by atoms with Crippen molar-refractivity contribution in [2.75, 3.05) is 6.54 Å². The lowest BCUT2D eigenvalue weighted by Crippen LogP contribution is -2.54. The average Bonchev–Trinajstić information content (AvgIpc) is 2.86. The molecule has 3 aromatic carbocycles. The molecule has 0 bridgehead atoms. The van der Waals surface area contributed by atoms with Gasteiger partial charge in [0, 0.05) is 25.7 Å². The summed E-state index contributed by atoms with van der Waals surface area (Å²) in [6.07, 6.45) is 1.67. The number of hydrogen-bond donors (Lipinski definition) is 2. The SMILES string of the molecule is O=C(C1CCC(NOCc2ccccc2)CN1)N(Cc1ccccc1)Cc1ccccc1. The first-order valence-electron chi connectivity index (χ1n) is 11.3. The van der Waals surface area contributed by atoms with Crippen molar-refractivity contribution in [3.05, 3.63) is 108 Å². The number of nitrogens with one attached hydrogen (secondary N) is 2. The monoisotopic (exact) mass is 429 g/mol. The summed E-state index contributed by atoms with van der Waals surface area (Å²) in [7, 11) is 0. The van der Waals surface area contributed by atoms with E-state index in [-0.39, 0.29) is 18.0 Å². The number of carbonyl (C=O) groups is 1. The van der Waals surface area contributed by atoms with Crippen LogP contribution in [0, 0.1) is 0 Å². The largest absolute Gasteiger partial charge is 0.333 e. The Labute approximate surface area is 190 Å². The molecule has 4 rings (SSSR count). The quantitative estimate of drug-likeness (QED) is 0.504. The van der Waals surface area contributed by atoms with Gasteiger partial charge in [0.25, 0.3) is 0 Å². The molecular formula is C27H31N3O2. The van der Waals surface area contributed by atoms with Crippen molar-refractivity contribution >= 4 is 5.91 Å². The number of hydrogen-bond acceptors (Lipinski definition) is 4. The van der Waals surface area contributed by atoms with Gasteiger partial charge in [0.1, 0.15) is 0 Å². The first kappa shape index (κ1) is 22.2.